The minimum atomic E-state index is -0.616. The van der Waals surface area contributed by atoms with Crippen molar-refractivity contribution < 1.29 is 9.90 Å². The summed E-state index contributed by atoms with van der Waals surface area (Å²) in [7, 11) is 0. The molecule has 1 aliphatic rings. The van der Waals surface area contributed by atoms with E-state index in [1.165, 1.54) is 19.3 Å². The van der Waals surface area contributed by atoms with E-state index < -0.39 is 5.97 Å². The predicted octanol–water partition coefficient (Wildman–Crippen LogP) is 1.46. The van der Waals surface area contributed by atoms with Crippen LogP contribution in [0.1, 0.15) is 38.5 Å². The van der Waals surface area contributed by atoms with Gasteiger partial charge in [0, 0.05) is 0 Å². The molecule has 12 heavy (non-hydrogen) atoms. The third-order valence-electron chi connectivity index (χ3n) is 2.87. The first-order valence-electron chi connectivity index (χ1n) is 4.60. The second-order valence-electron chi connectivity index (χ2n) is 3.84. The Morgan fingerprint density at radius 2 is 1.92 bits per heavy atom. The first-order valence-corrected chi connectivity index (χ1v) is 6.32. The Hall–Kier alpha value is 0.0284. The van der Waals surface area contributed by atoms with Crippen LogP contribution in [0.25, 0.3) is 0 Å². The molecule has 1 rings (SSSR count). The molecule has 0 saturated heterocycles. The van der Waals surface area contributed by atoms with E-state index in [0.717, 1.165) is 18.1 Å². The molecule has 0 aliphatic heterocycles. The number of carboxylic acid groups (broad SMARTS) is 1. The Bertz CT molecular complexity index is 162. The normalized spacial score (nSPS) is 22.1. The van der Waals surface area contributed by atoms with Gasteiger partial charge in [0.05, 0.1) is 0 Å². The van der Waals surface area contributed by atoms with Gasteiger partial charge in [-0.15, -0.1) is 0 Å². The number of rotatable bonds is 3. The zero-order valence-electron chi connectivity index (χ0n) is 7.38. The first-order chi connectivity index (χ1) is 5.68. The monoisotopic (exact) mass is 232 g/mol. The van der Waals surface area contributed by atoms with Crippen molar-refractivity contribution in [2.45, 2.75) is 43.7 Å². The fraction of sp³-hybridized carbons (Fsp3) is 0.889. The van der Waals surface area contributed by atoms with Gasteiger partial charge < -0.3 is 0 Å². The third-order valence-corrected chi connectivity index (χ3v) is 4.69. The molecule has 0 radical (unpaired) electrons. The maximum absolute atomic E-state index is 10.6. The Morgan fingerprint density at radius 1 is 1.33 bits per heavy atom. The SMILES string of the molecule is O=C(O)CC1(C[AsH2])CCCCC1. The van der Waals surface area contributed by atoms with Crippen LogP contribution in [-0.2, 0) is 4.79 Å². The molecule has 1 unspecified atom stereocenters. The quantitative estimate of drug-likeness (QED) is 0.748. The Balaban J connectivity index is 2.53. The van der Waals surface area contributed by atoms with E-state index in [4.69, 9.17) is 5.11 Å². The fourth-order valence-corrected chi connectivity index (χ4v) is 3.24. The van der Waals surface area contributed by atoms with Crippen LogP contribution >= 0.6 is 0 Å². The van der Waals surface area contributed by atoms with Crippen molar-refractivity contribution in [3.8, 4) is 0 Å². The summed E-state index contributed by atoms with van der Waals surface area (Å²) in [6.45, 7) is 0. The summed E-state index contributed by atoms with van der Waals surface area (Å²) in [6, 6.07) is 0. The fourth-order valence-electron chi connectivity index (χ4n) is 2.08. The average Bonchev–Trinajstić information content (AvgIpc) is 2.05. The van der Waals surface area contributed by atoms with Crippen LogP contribution < -0.4 is 0 Å². The summed E-state index contributed by atoms with van der Waals surface area (Å²) < 4.78 is 0. The second-order valence-corrected chi connectivity index (χ2v) is 4.69. The van der Waals surface area contributed by atoms with Crippen LogP contribution in [0.15, 0.2) is 0 Å². The molecule has 1 N–H and O–H groups in total. The van der Waals surface area contributed by atoms with Crippen molar-refractivity contribution >= 4 is 22.8 Å². The van der Waals surface area contributed by atoms with E-state index in [0.29, 0.717) is 6.42 Å². The number of hydrogen-bond donors (Lipinski definition) is 1. The van der Waals surface area contributed by atoms with Crippen molar-refractivity contribution in [3.05, 3.63) is 0 Å². The number of hydrogen-bond acceptors (Lipinski definition) is 1. The third kappa shape index (κ3) is 2.52. The summed E-state index contributed by atoms with van der Waals surface area (Å²) in [6.07, 6.45) is 6.43. The van der Waals surface area contributed by atoms with Gasteiger partial charge in [0.15, 0.2) is 0 Å². The van der Waals surface area contributed by atoms with E-state index in [1.54, 1.807) is 16.9 Å². The van der Waals surface area contributed by atoms with Gasteiger partial charge in [-0.2, -0.15) is 0 Å². The van der Waals surface area contributed by atoms with Gasteiger partial charge in [-0.05, 0) is 0 Å². The van der Waals surface area contributed by atoms with Crippen LogP contribution in [0.3, 0.4) is 0 Å². The first kappa shape index (κ1) is 10.1. The molecule has 1 saturated carbocycles. The summed E-state index contributed by atoms with van der Waals surface area (Å²) in [5.74, 6) is -0.616. The predicted molar refractivity (Wildman–Crippen MR) is 51.1 cm³/mol. The summed E-state index contributed by atoms with van der Waals surface area (Å²) in [5.41, 5.74) is 0.171. The van der Waals surface area contributed by atoms with E-state index in [-0.39, 0.29) is 5.41 Å². The van der Waals surface area contributed by atoms with Crippen molar-refractivity contribution in [1.29, 1.82) is 0 Å². The topological polar surface area (TPSA) is 37.3 Å². The molecule has 3 heteroatoms. The zero-order chi connectivity index (χ0) is 9.03. The van der Waals surface area contributed by atoms with Crippen molar-refractivity contribution in [1.82, 2.24) is 0 Å². The maximum atomic E-state index is 10.6. The van der Waals surface area contributed by atoms with Crippen LogP contribution in [0.5, 0.6) is 0 Å². The molecule has 0 amide bonds. The molecule has 1 atom stereocenters. The molecule has 0 aromatic rings. The summed E-state index contributed by atoms with van der Waals surface area (Å²) in [5, 5.41) is 9.86. The van der Waals surface area contributed by atoms with Gasteiger partial charge in [-0.25, -0.2) is 0 Å². The standard InChI is InChI=1S/C9H17AsO2/c10-7-9(6-8(11)12)4-2-1-3-5-9/h1-7,10H2,(H,11,12). The molecular weight excluding hydrogens is 215 g/mol. The molecule has 2 nitrogen and oxygen atoms in total. The van der Waals surface area contributed by atoms with Gasteiger partial charge in [0.25, 0.3) is 0 Å². The van der Waals surface area contributed by atoms with Crippen molar-refractivity contribution in [2.24, 2.45) is 5.41 Å². The molecule has 0 aromatic carbocycles. The minimum absolute atomic E-state index is 0.171. The van der Waals surface area contributed by atoms with E-state index >= 15 is 0 Å². The molecular formula is C9H17AsO2. The Morgan fingerprint density at radius 3 is 2.33 bits per heavy atom. The molecule has 0 heterocycles. The van der Waals surface area contributed by atoms with Crippen LogP contribution in [0.2, 0.25) is 5.21 Å². The Kier molecular flexibility index (Phi) is 3.64. The number of carbonyl (C=O) groups is 1. The van der Waals surface area contributed by atoms with Gasteiger partial charge in [0.2, 0.25) is 0 Å². The van der Waals surface area contributed by atoms with Gasteiger partial charge in [-0.3, -0.25) is 0 Å². The number of carboxylic acids is 1. The van der Waals surface area contributed by atoms with E-state index in [1.807, 2.05) is 0 Å². The summed E-state index contributed by atoms with van der Waals surface area (Å²) >= 11 is 1.68. The number of aliphatic carboxylic acids is 1. The molecule has 1 aliphatic carbocycles. The molecule has 0 aromatic heterocycles. The van der Waals surface area contributed by atoms with Gasteiger partial charge >= 0.3 is 81.9 Å². The van der Waals surface area contributed by atoms with Crippen LogP contribution in [0, 0.1) is 5.41 Å². The average molecular weight is 232 g/mol. The van der Waals surface area contributed by atoms with Crippen LogP contribution in [0.4, 0.5) is 0 Å². The van der Waals surface area contributed by atoms with Gasteiger partial charge in [0.1, 0.15) is 0 Å². The van der Waals surface area contributed by atoms with Gasteiger partial charge in [-0.1, -0.05) is 0 Å². The molecule has 70 valence electrons. The van der Waals surface area contributed by atoms with E-state index in [2.05, 4.69) is 0 Å². The molecule has 1 fully saturated rings. The Labute approximate surface area is 82.2 Å². The second kappa shape index (κ2) is 4.32. The molecule has 0 bridgehead atoms. The van der Waals surface area contributed by atoms with Crippen molar-refractivity contribution in [3.63, 3.8) is 0 Å². The summed E-state index contributed by atoms with van der Waals surface area (Å²) in [4.78, 5) is 10.6. The zero-order valence-corrected chi connectivity index (χ0v) is 9.81. The van der Waals surface area contributed by atoms with Crippen molar-refractivity contribution in [2.75, 3.05) is 0 Å². The van der Waals surface area contributed by atoms with Crippen LogP contribution in [-0.4, -0.2) is 27.9 Å². The van der Waals surface area contributed by atoms with E-state index in [9.17, 15) is 4.79 Å². The molecule has 0 spiro atoms.